The Morgan fingerprint density at radius 2 is 1.82 bits per heavy atom. The Balaban J connectivity index is 1.37. The van der Waals surface area contributed by atoms with Gasteiger partial charge in [0.1, 0.15) is 0 Å². The normalized spacial score (nSPS) is 13.4. The average molecular weight is 539 g/mol. The smallest absolute Gasteiger partial charge is 0.262 e. The number of hydrogen-bond donors (Lipinski definition) is 2. The fraction of sp³-hybridized carbons (Fsp3) is 0.429. The SMILES string of the molecule is COc1ccc(CCNC(=O)CCn2c(SCC(=O)NC3CCCC3)nc3ccccc3c2=O)cc1OC. The molecule has 4 rings (SSSR count). The average Bonchev–Trinajstić information content (AvgIpc) is 3.44. The lowest BCUT2D eigenvalue weighted by atomic mass is 10.1. The first-order chi connectivity index (χ1) is 18.5. The lowest BCUT2D eigenvalue weighted by Gasteiger charge is -2.15. The van der Waals surface area contributed by atoms with Gasteiger partial charge in [-0.3, -0.25) is 19.0 Å². The fourth-order valence-electron chi connectivity index (χ4n) is 4.61. The van der Waals surface area contributed by atoms with Gasteiger partial charge < -0.3 is 20.1 Å². The van der Waals surface area contributed by atoms with Crippen LogP contribution in [0.2, 0.25) is 0 Å². The molecule has 1 aliphatic rings. The Bertz CT molecular complexity index is 1340. The van der Waals surface area contributed by atoms with Crippen molar-refractivity contribution in [2.24, 2.45) is 0 Å². The molecule has 1 fully saturated rings. The van der Waals surface area contributed by atoms with Crippen molar-refractivity contribution in [3.63, 3.8) is 0 Å². The van der Waals surface area contributed by atoms with Crippen molar-refractivity contribution in [2.45, 2.75) is 56.3 Å². The van der Waals surface area contributed by atoms with Crippen LogP contribution < -0.4 is 25.7 Å². The highest BCUT2D eigenvalue weighted by molar-refractivity contribution is 7.99. The van der Waals surface area contributed by atoms with Crippen molar-refractivity contribution in [2.75, 3.05) is 26.5 Å². The van der Waals surface area contributed by atoms with Crippen molar-refractivity contribution >= 4 is 34.5 Å². The van der Waals surface area contributed by atoms with Crippen molar-refractivity contribution in [1.29, 1.82) is 0 Å². The van der Waals surface area contributed by atoms with E-state index < -0.39 is 0 Å². The fourth-order valence-corrected chi connectivity index (χ4v) is 5.45. The van der Waals surface area contributed by atoms with Gasteiger partial charge in [-0.1, -0.05) is 42.8 Å². The maximum atomic E-state index is 13.3. The zero-order valence-corrected chi connectivity index (χ0v) is 22.6. The van der Waals surface area contributed by atoms with E-state index in [1.807, 2.05) is 24.3 Å². The minimum absolute atomic E-state index is 0.0660. The number of benzene rings is 2. The molecule has 202 valence electrons. The molecule has 10 heteroatoms. The number of amides is 2. The van der Waals surface area contributed by atoms with Gasteiger partial charge in [0, 0.05) is 25.6 Å². The molecule has 0 aliphatic heterocycles. The van der Waals surface area contributed by atoms with E-state index in [4.69, 9.17) is 9.47 Å². The highest BCUT2D eigenvalue weighted by Gasteiger charge is 2.19. The van der Waals surface area contributed by atoms with Crippen molar-refractivity contribution in [1.82, 2.24) is 20.2 Å². The number of nitrogens with one attached hydrogen (secondary N) is 2. The predicted octanol–water partition coefficient (Wildman–Crippen LogP) is 3.31. The number of fused-ring (bicyclic) bond motifs is 1. The molecule has 0 saturated heterocycles. The highest BCUT2D eigenvalue weighted by atomic mass is 32.2. The minimum Gasteiger partial charge on any atom is -0.493 e. The van der Waals surface area contributed by atoms with Crippen LogP contribution in [0.25, 0.3) is 10.9 Å². The summed E-state index contributed by atoms with van der Waals surface area (Å²) in [5, 5.41) is 6.91. The van der Waals surface area contributed by atoms with Crippen LogP contribution in [0.1, 0.15) is 37.7 Å². The van der Waals surface area contributed by atoms with Crippen LogP contribution in [-0.4, -0.2) is 53.9 Å². The molecule has 0 bridgehead atoms. The second-order valence-electron chi connectivity index (χ2n) is 9.25. The number of methoxy groups -OCH3 is 2. The van der Waals surface area contributed by atoms with Gasteiger partial charge in [0.15, 0.2) is 16.7 Å². The predicted molar refractivity (Wildman–Crippen MR) is 148 cm³/mol. The number of para-hydroxylation sites is 1. The third-order valence-electron chi connectivity index (χ3n) is 6.63. The number of rotatable bonds is 12. The van der Waals surface area contributed by atoms with Crippen LogP contribution in [0.5, 0.6) is 11.5 Å². The molecule has 1 aromatic heterocycles. The molecule has 3 aromatic rings. The Kier molecular flexibility index (Phi) is 9.64. The molecule has 2 aromatic carbocycles. The Hall–Kier alpha value is -3.53. The third-order valence-corrected chi connectivity index (χ3v) is 7.60. The lowest BCUT2D eigenvalue weighted by Crippen LogP contribution is -2.34. The second kappa shape index (κ2) is 13.3. The summed E-state index contributed by atoms with van der Waals surface area (Å²) in [4.78, 5) is 43.0. The molecule has 9 nitrogen and oxygen atoms in total. The molecule has 1 saturated carbocycles. The van der Waals surface area contributed by atoms with E-state index in [1.165, 1.54) is 16.3 Å². The monoisotopic (exact) mass is 538 g/mol. The number of thioether (sulfide) groups is 1. The topological polar surface area (TPSA) is 112 Å². The summed E-state index contributed by atoms with van der Waals surface area (Å²) in [7, 11) is 3.17. The van der Waals surface area contributed by atoms with Gasteiger partial charge in [-0.2, -0.15) is 0 Å². The Labute approximate surface area is 226 Å². The van der Waals surface area contributed by atoms with E-state index in [1.54, 1.807) is 32.4 Å². The molecule has 0 atom stereocenters. The summed E-state index contributed by atoms with van der Waals surface area (Å²) < 4.78 is 12.1. The van der Waals surface area contributed by atoms with Gasteiger partial charge in [0.25, 0.3) is 5.56 Å². The van der Waals surface area contributed by atoms with Gasteiger partial charge in [-0.15, -0.1) is 0 Å². The summed E-state index contributed by atoms with van der Waals surface area (Å²) in [6, 6.07) is 13.0. The van der Waals surface area contributed by atoms with Crippen LogP contribution in [0.3, 0.4) is 0 Å². The third kappa shape index (κ3) is 7.06. The van der Waals surface area contributed by atoms with Crippen LogP contribution in [0.15, 0.2) is 52.4 Å². The zero-order valence-electron chi connectivity index (χ0n) is 21.8. The lowest BCUT2D eigenvalue weighted by molar-refractivity contribution is -0.121. The maximum absolute atomic E-state index is 13.3. The van der Waals surface area contributed by atoms with Crippen LogP contribution in [-0.2, 0) is 22.6 Å². The van der Waals surface area contributed by atoms with E-state index in [2.05, 4.69) is 15.6 Å². The summed E-state index contributed by atoms with van der Waals surface area (Å²) >= 11 is 1.23. The Morgan fingerprint density at radius 1 is 1.05 bits per heavy atom. The number of hydrogen-bond acceptors (Lipinski definition) is 7. The number of carbonyl (C=O) groups excluding carboxylic acids is 2. The summed E-state index contributed by atoms with van der Waals surface area (Å²) in [6.45, 7) is 0.619. The number of aromatic nitrogens is 2. The van der Waals surface area contributed by atoms with E-state index >= 15 is 0 Å². The second-order valence-corrected chi connectivity index (χ2v) is 10.2. The number of ether oxygens (including phenoxy) is 2. The molecule has 1 aliphatic carbocycles. The molecule has 0 radical (unpaired) electrons. The summed E-state index contributed by atoms with van der Waals surface area (Å²) in [5.74, 6) is 1.23. The largest absolute Gasteiger partial charge is 0.493 e. The summed E-state index contributed by atoms with van der Waals surface area (Å²) in [5.41, 5.74) is 1.37. The Morgan fingerprint density at radius 3 is 2.58 bits per heavy atom. The molecule has 0 unspecified atom stereocenters. The quantitative estimate of drug-likeness (QED) is 0.269. The van der Waals surface area contributed by atoms with Gasteiger partial charge in [0.05, 0.1) is 30.9 Å². The number of carbonyl (C=O) groups is 2. The zero-order chi connectivity index (χ0) is 26.9. The first-order valence-corrected chi connectivity index (χ1v) is 13.9. The first kappa shape index (κ1) is 27.5. The van der Waals surface area contributed by atoms with Crippen LogP contribution in [0, 0.1) is 0 Å². The molecular weight excluding hydrogens is 504 g/mol. The van der Waals surface area contributed by atoms with Gasteiger partial charge in [0.2, 0.25) is 11.8 Å². The van der Waals surface area contributed by atoms with Crippen molar-refractivity contribution in [3.05, 3.63) is 58.4 Å². The number of nitrogens with zero attached hydrogens (tertiary/aromatic N) is 2. The minimum atomic E-state index is -0.215. The van der Waals surface area contributed by atoms with Gasteiger partial charge >= 0.3 is 0 Å². The molecule has 2 N–H and O–H groups in total. The van der Waals surface area contributed by atoms with E-state index in [0.29, 0.717) is 40.5 Å². The summed E-state index contributed by atoms with van der Waals surface area (Å²) in [6.07, 6.45) is 5.04. The van der Waals surface area contributed by atoms with Crippen LogP contribution >= 0.6 is 11.8 Å². The molecule has 38 heavy (non-hydrogen) atoms. The van der Waals surface area contributed by atoms with E-state index in [-0.39, 0.29) is 42.1 Å². The standard InChI is InChI=1S/C28H34N4O5S/c1-36-23-12-11-19(17-24(23)37-2)13-15-29-25(33)14-16-32-27(35)21-9-5-6-10-22(21)31-28(32)38-18-26(34)30-20-7-3-4-8-20/h5-6,9-12,17,20H,3-4,7-8,13-16,18H2,1-2H3,(H,29,33)(H,30,34). The van der Waals surface area contributed by atoms with Crippen molar-refractivity contribution in [3.8, 4) is 11.5 Å². The molecule has 0 spiro atoms. The highest BCUT2D eigenvalue weighted by Crippen LogP contribution is 2.27. The molecular formula is C28H34N4O5S. The van der Waals surface area contributed by atoms with E-state index in [9.17, 15) is 14.4 Å². The van der Waals surface area contributed by atoms with E-state index in [0.717, 1.165) is 31.2 Å². The molecule has 1 heterocycles. The van der Waals surface area contributed by atoms with Gasteiger partial charge in [-0.05, 0) is 49.1 Å². The van der Waals surface area contributed by atoms with Gasteiger partial charge in [-0.25, -0.2) is 4.98 Å². The first-order valence-electron chi connectivity index (χ1n) is 12.9. The maximum Gasteiger partial charge on any atom is 0.262 e. The van der Waals surface area contributed by atoms with Crippen LogP contribution in [0.4, 0.5) is 0 Å². The van der Waals surface area contributed by atoms with Crippen molar-refractivity contribution < 1.29 is 19.1 Å². The molecule has 2 amide bonds.